The van der Waals surface area contributed by atoms with Gasteiger partial charge in [0.1, 0.15) is 5.01 Å². The Kier molecular flexibility index (Phi) is 7.79. The Bertz CT molecular complexity index is 1280. The van der Waals surface area contributed by atoms with Crippen LogP contribution in [0.1, 0.15) is 65.5 Å². The van der Waals surface area contributed by atoms with Crippen LogP contribution < -0.4 is 15.5 Å². The van der Waals surface area contributed by atoms with Crippen molar-refractivity contribution in [3.8, 4) is 0 Å². The van der Waals surface area contributed by atoms with E-state index in [-0.39, 0.29) is 29.6 Å². The van der Waals surface area contributed by atoms with Crippen molar-refractivity contribution in [2.75, 3.05) is 22.1 Å². The summed E-state index contributed by atoms with van der Waals surface area (Å²) in [6.07, 6.45) is 1.88. The molecule has 1 saturated heterocycles. The summed E-state index contributed by atoms with van der Waals surface area (Å²) in [6, 6.07) is 12.8. The second kappa shape index (κ2) is 11.0. The number of nitrogens with one attached hydrogen (secondary N) is 2. The standard InChI is InChI=1S/C27H31N5O3S/c1-5-18(6-2)24(34)28-21-9-7-8-19(13-21)25(35)29-27-31-30-26(36-27)20-14-23(33)32(15-20)22-11-10-16(3)17(4)12-22/h7-13,18,20H,5-6,14-15H2,1-4H3,(H,28,34)(H,29,31,35). The fourth-order valence-corrected chi connectivity index (χ4v) is 5.11. The molecule has 0 radical (unpaired) electrons. The second-order valence-electron chi connectivity index (χ2n) is 9.16. The summed E-state index contributed by atoms with van der Waals surface area (Å²) in [6.45, 7) is 8.58. The Balaban J connectivity index is 1.40. The molecule has 8 nitrogen and oxygen atoms in total. The molecule has 0 aliphatic carbocycles. The zero-order valence-corrected chi connectivity index (χ0v) is 21.8. The van der Waals surface area contributed by atoms with Gasteiger partial charge in [-0.3, -0.25) is 19.7 Å². The van der Waals surface area contributed by atoms with E-state index in [9.17, 15) is 14.4 Å². The van der Waals surface area contributed by atoms with E-state index in [1.54, 1.807) is 29.2 Å². The highest BCUT2D eigenvalue weighted by Gasteiger charge is 2.34. The maximum atomic E-state index is 12.8. The molecule has 9 heteroatoms. The summed E-state index contributed by atoms with van der Waals surface area (Å²) in [4.78, 5) is 39.7. The lowest BCUT2D eigenvalue weighted by molar-refractivity contribution is -0.120. The predicted octanol–water partition coefficient (Wildman–Crippen LogP) is 5.30. The number of rotatable bonds is 8. The first-order valence-corrected chi connectivity index (χ1v) is 13.0. The Morgan fingerprint density at radius 3 is 2.56 bits per heavy atom. The van der Waals surface area contributed by atoms with Gasteiger partial charge in [-0.2, -0.15) is 0 Å². The first kappa shape index (κ1) is 25.5. The molecule has 1 aliphatic heterocycles. The van der Waals surface area contributed by atoms with Crippen molar-refractivity contribution in [3.05, 3.63) is 64.2 Å². The van der Waals surface area contributed by atoms with Crippen LogP contribution in [-0.2, 0) is 9.59 Å². The van der Waals surface area contributed by atoms with Gasteiger partial charge in [-0.1, -0.05) is 37.3 Å². The molecule has 1 atom stereocenters. The van der Waals surface area contributed by atoms with Gasteiger partial charge >= 0.3 is 0 Å². The molecule has 0 spiro atoms. The van der Waals surface area contributed by atoms with Crippen LogP contribution in [0.15, 0.2) is 42.5 Å². The largest absolute Gasteiger partial charge is 0.326 e. The summed E-state index contributed by atoms with van der Waals surface area (Å²) in [5.74, 6) is -0.472. The van der Waals surface area contributed by atoms with E-state index < -0.39 is 0 Å². The van der Waals surface area contributed by atoms with Crippen molar-refractivity contribution in [3.63, 3.8) is 0 Å². The number of aromatic nitrogens is 2. The average molecular weight is 506 g/mol. The maximum absolute atomic E-state index is 12.8. The van der Waals surface area contributed by atoms with Crippen molar-refractivity contribution >= 4 is 45.6 Å². The highest BCUT2D eigenvalue weighted by atomic mass is 32.1. The lowest BCUT2D eigenvalue weighted by atomic mass is 10.0. The zero-order chi connectivity index (χ0) is 25.8. The second-order valence-corrected chi connectivity index (χ2v) is 10.2. The van der Waals surface area contributed by atoms with Gasteiger partial charge in [0.2, 0.25) is 16.9 Å². The van der Waals surface area contributed by atoms with E-state index >= 15 is 0 Å². The van der Waals surface area contributed by atoms with Gasteiger partial charge in [-0.05, 0) is 68.1 Å². The molecule has 3 amide bonds. The summed E-state index contributed by atoms with van der Waals surface area (Å²) < 4.78 is 0. The first-order chi connectivity index (χ1) is 17.3. The Labute approximate surface area is 215 Å². The van der Waals surface area contributed by atoms with E-state index in [1.165, 1.54) is 16.9 Å². The van der Waals surface area contributed by atoms with Gasteiger partial charge in [0, 0.05) is 41.7 Å². The minimum absolute atomic E-state index is 0.0488. The van der Waals surface area contributed by atoms with Crippen molar-refractivity contribution in [1.29, 1.82) is 0 Å². The number of hydrogen-bond acceptors (Lipinski definition) is 6. The van der Waals surface area contributed by atoms with Crippen LogP contribution in [0.25, 0.3) is 0 Å². The molecule has 1 aromatic heterocycles. The molecule has 2 aromatic carbocycles. The van der Waals surface area contributed by atoms with E-state index in [1.807, 2.05) is 45.9 Å². The van der Waals surface area contributed by atoms with Gasteiger partial charge < -0.3 is 10.2 Å². The van der Waals surface area contributed by atoms with E-state index in [0.29, 0.717) is 29.3 Å². The van der Waals surface area contributed by atoms with Gasteiger partial charge in [-0.25, -0.2) is 0 Å². The molecule has 2 heterocycles. The normalized spacial score (nSPS) is 15.4. The summed E-state index contributed by atoms with van der Waals surface area (Å²) in [7, 11) is 0. The Morgan fingerprint density at radius 2 is 1.83 bits per heavy atom. The van der Waals surface area contributed by atoms with E-state index in [2.05, 4.69) is 20.8 Å². The van der Waals surface area contributed by atoms with Gasteiger partial charge in [0.15, 0.2) is 0 Å². The smallest absolute Gasteiger partial charge is 0.257 e. The molecule has 4 rings (SSSR count). The van der Waals surface area contributed by atoms with Gasteiger partial charge in [-0.15, -0.1) is 10.2 Å². The van der Waals surface area contributed by atoms with Crippen molar-refractivity contribution in [2.24, 2.45) is 5.92 Å². The highest BCUT2D eigenvalue weighted by Crippen LogP contribution is 2.35. The third-order valence-electron chi connectivity index (χ3n) is 6.69. The van der Waals surface area contributed by atoms with Crippen LogP contribution in [0.4, 0.5) is 16.5 Å². The van der Waals surface area contributed by atoms with Crippen molar-refractivity contribution in [2.45, 2.75) is 52.9 Å². The van der Waals surface area contributed by atoms with Crippen LogP contribution >= 0.6 is 11.3 Å². The van der Waals surface area contributed by atoms with Crippen LogP contribution in [0, 0.1) is 19.8 Å². The fraction of sp³-hybridized carbons (Fsp3) is 0.370. The topological polar surface area (TPSA) is 104 Å². The molecule has 1 unspecified atom stereocenters. The van der Waals surface area contributed by atoms with Crippen LogP contribution in [0.5, 0.6) is 0 Å². The number of aryl methyl sites for hydroxylation is 2. The SMILES string of the molecule is CCC(CC)C(=O)Nc1cccc(C(=O)Nc2nnc(C3CC(=O)N(c4ccc(C)c(C)c4)C3)s2)c1. The highest BCUT2D eigenvalue weighted by molar-refractivity contribution is 7.15. The zero-order valence-electron chi connectivity index (χ0n) is 21.0. The fourth-order valence-electron chi connectivity index (χ4n) is 4.28. The molecular weight excluding hydrogens is 474 g/mol. The number of amides is 3. The van der Waals surface area contributed by atoms with Gasteiger partial charge in [0.05, 0.1) is 0 Å². The molecule has 0 bridgehead atoms. The molecule has 0 saturated carbocycles. The molecule has 2 N–H and O–H groups in total. The molecular formula is C27H31N5O3S. The van der Waals surface area contributed by atoms with E-state index in [4.69, 9.17) is 0 Å². The Morgan fingerprint density at radius 1 is 1.06 bits per heavy atom. The molecule has 1 fully saturated rings. The van der Waals surface area contributed by atoms with Crippen molar-refractivity contribution in [1.82, 2.24) is 10.2 Å². The lowest BCUT2D eigenvalue weighted by Gasteiger charge is -2.17. The van der Waals surface area contributed by atoms with Crippen LogP contribution in [0.2, 0.25) is 0 Å². The number of benzene rings is 2. The molecule has 188 valence electrons. The minimum Gasteiger partial charge on any atom is -0.326 e. The van der Waals surface area contributed by atoms with Gasteiger partial charge in [0.25, 0.3) is 5.91 Å². The summed E-state index contributed by atoms with van der Waals surface area (Å²) >= 11 is 1.28. The molecule has 36 heavy (non-hydrogen) atoms. The average Bonchev–Trinajstić information content (AvgIpc) is 3.48. The van der Waals surface area contributed by atoms with Crippen LogP contribution in [0.3, 0.4) is 0 Å². The lowest BCUT2D eigenvalue weighted by Crippen LogP contribution is -2.24. The van der Waals surface area contributed by atoms with Crippen LogP contribution in [-0.4, -0.2) is 34.5 Å². The first-order valence-electron chi connectivity index (χ1n) is 12.2. The number of anilines is 3. The quantitative estimate of drug-likeness (QED) is 0.432. The maximum Gasteiger partial charge on any atom is 0.257 e. The minimum atomic E-state index is -0.337. The molecule has 1 aliphatic rings. The summed E-state index contributed by atoms with van der Waals surface area (Å²) in [5.41, 5.74) is 4.20. The third-order valence-corrected chi connectivity index (χ3v) is 7.69. The van der Waals surface area contributed by atoms with Crippen molar-refractivity contribution < 1.29 is 14.4 Å². The third kappa shape index (κ3) is 5.62. The number of carbonyl (C=O) groups is 3. The molecule has 3 aromatic rings. The number of nitrogens with zero attached hydrogens (tertiary/aromatic N) is 3. The number of carbonyl (C=O) groups excluding carboxylic acids is 3. The van der Waals surface area contributed by atoms with E-state index in [0.717, 1.165) is 29.1 Å². The predicted molar refractivity (Wildman–Crippen MR) is 143 cm³/mol. The number of hydrogen-bond donors (Lipinski definition) is 2. The monoisotopic (exact) mass is 505 g/mol. The summed E-state index contributed by atoms with van der Waals surface area (Å²) in [5, 5.41) is 15.2. The Hall–Kier alpha value is -3.59.